The van der Waals surface area contributed by atoms with Gasteiger partial charge in [0, 0.05) is 36.1 Å². The molecule has 0 saturated heterocycles. The highest BCUT2D eigenvalue weighted by molar-refractivity contribution is 9.10. The average molecular weight is 495 g/mol. The Balaban J connectivity index is 1.67. The van der Waals surface area contributed by atoms with Crippen molar-refractivity contribution in [2.45, 2.75) is 19.4 Å². The molecule has 7 heteroatoms. The van der Waals surface area contributed by atoms with Gasteiger partial charge >= 0.3 is 0 Å². The van der Waals surface area contributed by atoms with Crippen LogP contribution in [0, 0.1) is 0 Å². The number of halogens is 1. The molecule has 0 unspecified atom stereocenters. The molecule has 1 heterocycles. The third-order valence-corrected chi connectivity index (χ3v) is 5.58. The number of carbonyl (C=O) groups excluding carboxylic acids is 2. The summed E-state index contributed by atoms with van der Waals surface area (Å²) in [6.45, 7) is 9.12. The molecule has 6 nitrogen and oxygen atoms in total. The highest BCUT2D eigenvalue weighted by Gasteiger charge is 2.17. The van der Waals surface area contributed by atoms with E-state index in [9.17, 15) is 9.59 Å². The topological polar surface area (TPSA) is 67.2 Å². The molecule has 3 rings (SSSR count). The second-order valence-electron chi connectivity index (χ2n) is 7.35. The number of imidazole rings is 1. The Morgan fingerprint density at radius 2 is 1.75 bits per heavy atom. The lowest BCUT2D eigenvalue weighted by molar-refractivity contribution is -0.130. The summed E-state index contributed by atoms with van der Waals surface area (Å²) >= 11 is 3.37. The number of nitrogens with zero attached hydrogens (tertiary/aromatic N) is 3. The monoisotopic (exact) mass is 494 g/mol. The molecular formula is C25H27BrN4O2. The zero-order chi connectivity index (χ0) is 22.9. The summed E-state index contributed by atoms with van der Waals surface area (Å²) in [7, 11) is 0. The Morgan fingerprint density at radius 1 is 1.06 bits per heavy atom. The number of aromatic nitrogens is 2. The first-order valence-corrected chi connectivity index (χ1v) is 11.3. The van der Waals surface area contributed by atoms with Gasteiger partial charge in [-0.3, -0.25) is 9.59 Å². The van der Waals surface area contributed by atoms with E-state index in [1.165, 1.54) is 0 Å². The van der Waals surface area contributed by atoms with Crippen LogP contribution in [0.2, 0.25) is 0 Å². The first-order chi connectivity index (χ1) is 15.5. The van der Waals surface area contributed by atoms with E-state index in [1.807, 2.05) is 41.0 Å². The standard InChI is InChI=1S/C25H27BrN4O2/c1-3-16-29(17-4-2)24(31)18-30-22-9-6-5-8-21(22)28-23(30)10-7-15-27-25(32)19-11-13-20(26)14-12-19/h3-6,8-9,11-14H,1-2,7,10,15-18H2,(H,27,32). The maximum atomic E-state index is 12.9. The van der Waals surface area contributed by atoms with Crippen molar-refractivity contribution in [1.29, 1.82) is 0 Å². The van der Waals surface area contributed by atoms with Gasteiger partial charge in [-0.15, -0.1) is 13.2 Å². The van der Waals surface area contributed by atoms with Crippen LogP contribution in [0.15, 0.2) is 78.3 Å². The summed E-state index contributed by atoms with van der Waals surface area (Å²) in [4.78, 5) is 31.7. The van der Waals surface area contributed by atoms with Gasteiger partial charge in [-0.2, -0.15) is 0 Å². The number of para-hydroxylation sites is 2. The number of carbonyl (C=O) groups is 2. The normalized spacial score (nSPS) is 10.7. The first kappa shape index (κ1) is 23.5. The number of benzene rings is 2. The molecule has 2 aromatic carbocycles. The third kappa shape index (κ3) is 5.95. The number of aryl methyl sites for hydroxylation is 1. The number of amides is 2. The number of nitrogens with one attached hydrogen (secondary N) is 1. The number of hydrogen-bond acceptors (Lipinski definition) is 3. The van der Waals surface area contributed by atoms with E-state index in [1.54, 1.807) is 29.2 Å². The maximum absolute atomic E-state index is 12.9. The summed E-state index contributed by atoms with van der Waals surface area (Å²) in [6.07, 6.45) is 4.78. The van der Waals surface area contributed by atoms with Crippen LogP contribution in [0.4, 0.5) is 0 Å². The van der Waals surface area contributed by atoms with E-state index in [-0.39, 0.29) is 18.4 Å². The van der Waals surface area contributed by atoms with E-state index in [4.69, 9.17) is 4.98 Å². The second-order valence-corrected chi connectivity index (χ2v) is 8.26. The lowest BCUT2D eigenvalue weighted by Crippen LogP contribution is -2.34. The number of hydrogen-bond donors (Lipinski definition) is 1. The van der Waals surface area contributed by atoms with Crippen LogP contribution in [0.5, 0.6) is 0 Å². The molecule has 3 aromatic rings. The van der Waals surface area contributed by atoms with E-state index in [0.717, 1.165) is 21.3 Å². The fraction of sp³-hybridized carbons (Fsp3) is 0.240. The van der Waals surface area contributed by atoms with E-state index < -0.39 is 0 Å². The predicted molar refractivity (Wildman–Crippen MR) is 132 cm³/mol. The Kier molecular flexibility index (Phi) is 8.39. The Bertz CT molecular complexity index is 1090. The van der Waals surface area contributed by atoms with Crippen LogP contribution in [-0.2, 0) is 17.8 Å². The lowest BCUT2D eigenvalue weighted by Gasteiger charge is -2.20. The molecule has 0 bridgehead atoms. The molecule has 166 valence electrons. The van der Waals surface area contributed by atoms with Crippen LogP contribution in [0.1, 0.15) is 22.6 Å². The molecule has 0 aliphatic heterocycles. The highest BCUT2D eigenvalue weighted by atomic mass is 79.9. The highest BCUT2D eigenvalue weighted by Crippen LogP contribution is 2.18. The van der Waals surface area contributed by atoms with Gasteiger partial charge in [-0.25, -0.2) is 4.98 Å². The zero-order valence-corrected chi connectivity index (χ0v) is 19.6. The van der Waals surface area contributed by atoms with Crippen LogP contribution in [0.3, 0.4) is 0 Å². The van der Waals surface area contributed by atoms with Gasteiger partial charge in [0.05, 0.1) is 11.0 Å². The number of rotatable bonds is 11. The molecule has 0 radical (unpaired) electrons. The van der Waals surface area contributed by atoms with Gasteiger partial charge < -0.3 is 14.8 Å². The summed E-state index contributed by atoms with van der Waals surface area (Å²) < 4.78 is 2.90. The summed E-state index contributed by atoms with van der Waals surface area (Å²) in [5.74, 6) is 0.706. The van der Waals surface area contributed by atoms with Crippen LogP contribution >= 0.6 is 15.9 Å². The van der Waals surface area contributed by atoms with Gasteiger partial charge in [0.2, 0.25) is 5.91 Å². The Hall–Kier alpha value is -3.19. The second kappa shape index (κ2) is 11.4. The largest absolute Gasteiger partial charge is 0.352 e. The van der Waals surface area contributed by atoms with Crippen LogP contribution in [-0.4, -0.2) is 45.9 Å². The molecule has 0 spiro atoms. The van der Waals surface area contributed by atoms with Gasteiger partial charge in [-0.1, -0.05) is 40.2 Å². The minimum absolute atomic E-state index is 0.0160. The summed E-state index contributed by atoms with van der Waals surface area (Å²) in [6, 6.07) is 15.0. The molecule has 0 aliphatic carbocycles. The van der Waals surface area contributed by atoms with Crippen molar-refractivity contribution >= 4 is 38.8 Å². The van der Waals surface area contributed by atoms with Gasteiger partial charge in [-0.05, 0) is 42.8 Å². The van der Waals surface area contributed by atoms with E-state index in [2.05, 4.69) is 34.4 Å². The molecule has 2 amide bonds. The van der Waals surface area contributed by atoms with Gasteiger partial charge in [0.15, 0.2) is 0 Å². The molecule has 0 atom stereocenters. The summed E-state index contributed by atoms with van der Waals surface area (Å²) in [5, 5.41) is 2.95. The SMILES string of the molecule is C=CCN(CC=C)C(=O)Cn1c(CCCNC(=O)c2ccc(Br)cc2)nc2ccccc21. The Labute approximate surface area is 196 Å². The molecule has 0 aliphatic rings. The lowest BCUT2D eigenvalue weighted by atomic mass is 10.2. The van der Waals surface area contributed by atoms with Crippen molar-refractivity contribution in [3.8, 4) is 0 Å². The van der Waals surface area contributed by atoms with E-state index in [0.29, 0.717) is 38.0 Å². The van der Waals surface area contributed by atoms with Crippen molar-refractivity contribution in [2.24, 2.45) is 0 Å². The zero-order valence-electron chi connectivity index (χ0n) is 18.0. The van der Waals surface area contributed by atoms with Gasteiger partial charge in [0.1, 0.15) is 12.4 Å². The minimum atomic E-state index is -0.106. The predicted octanol–water partition coefficient (Wildman–Crippen LogP) is 4.36. The van der Waals surface area contributed by atoms with Crippen molar-refractivity contribution in [3.05, 3.63) is 89.7 Å². The molecule has 0 fully saturated rings. The average Bonchev–Trinajstić information content (AvgIpc) is 3.14. The van der Waals surface area contributed by atoms with Crippen LogP contribution in [0.25, 0.3) is 11.0 Å². The molecule has 1 N–H and O–H groups in total. The molecule has 32 heavy (non-hydrogen) atoms. The molecular weight excluding hydrogens is 468 g/mol. The van der Waals surface area contributed by atoms with Crippen molar-refractivity contribution in [3.63, 3.8) is 0 Å². The minimum Gasteiger partial charge on any atom is -0.352 e. The van der Waals surface area contributed by atoms with Crippen molar-refractivity contribution in [1.82, 2.24) is 19.8 Å². The third-order valence-electron chi connectivity index (χ3n) is 5.05. The fourth-order valence-electron chi connectivity index (χ4n) is 3.47. The van der Waals surface area contributed by atoms with Crippen molar-refractivity contribution in [2.75, 3.05) is 19.6 Å². The van der Waals surface area contributed by atoms with Crippen molar-refractivity contribution < 1.29 is 9.59 Å². The smallest absolute Gasteiger partial charge is 0.251 e. The van der Waals surface area contributed by atoms with Gasteiger partial charge in [0.25, 0.3) is 5.91 Å². The Morgan fingerprint density at radius 3 is 2.44 bits per heavy atom. The van der Waals surface area contributed by atoms with Crippen LogP contribution < -0.4 is 5.32 Å². The molecule has 0 saturated carbocycles. The number of fused-ring (bicyclic) bond motifs is 1. The fourth-order valence-corrected chi connectivity index (χ4v) is 3.73. The first-order valence-electron chi connectivity index (χ1n) is 10.5. The summed E-state index contributed by atoms with van der Waals surface area (Å²) in [5.41, 5.74) is 2.40. The van der Waals surface area contributed by atoms with E-state index >= 15 is 0 Å². The molecule has 1 aromatic heterocycles. The maximum Gasteiger partial charge on any atom is 0.251 e. The quantitative estimate of drug-likeness (QED) is 0.318.